The van der Waals surface area contributed by atoms with Crippen LogP contribution in [0.25, 0.3) is 0 Å². The Labute approximate surface area is 139 Å². The van der Waals surface area contributed by atoms with E-state index in [9.17, 15) is 8.42 Å². The first-order valence-corrected chi connectivity index (χ1v) is 8.86. The lowest BCUT2D eigenvalue weighted by atomic mass is 10.1. The molecule has 0 fully saturated rings. The van der Waals surface area contributed by atoms with Gasteiger partial charge in [0.2, 0.25) is 0 Å². The van der Waals surface area contributed by atoms with Crippen LogP contribution in [0.1, 0.15) is 11.1 Å². The molecule has 0 radical (unpaired) electrons. The summed E-state index contributed by atoms with van der Waals surface area (Å²) < 4.78 is 28.3. The molecule has 0 aliphatic heterocycles. The summed E-state index contributed by atoms with van der Waals surface area (Å²) in [7, 11) is -3.81. The largest absolute Gasteiger partial charge is 0.398 e. The lowest BCUT2D eigenvalue weighted by molar-refractivity contribution is 0.600. The summed E-state index contributed by atoms with van der Waals surface area (Å²) in [6, 6.07) is 3.35. The quantitative estimate of drug-likeness (QED) is 0.722. The predicted octanol–water partition coefficient (Wildman–Crippen LogP) is 3.00. The lowest BCUT2D eigenvalue weighted by Gasteiger charge is -2.14. The van der Waals surface area contributed by atoms with E-state index in [1.165, 1.54) is 6.20 Å². The van der Waals surface area contributed by atoms with E-state index >= 15 is 0 Å². The van der Waals surface area contributed by atoms with E-state index in [-0.39, 0.29) is 10.7 Å². The maximum atomic E-state index is 12.6. The molecule has 0 bridgehead atoms. The van der Waals surface area contributed by atoms with E-state index in [1.54, 1.807) is 26.0 Å². The van der Waals surface area contributed by atoms with Crippen LogP contribution >= 0.6 is 31.9 Å². The van der Waals surface area contributed by atoms with Gasteiger partial charge in [0, 0.05) is 5.69 Å². The predicted molar refractivity (Wildman–Crippen MR) is 88.6 cm³/mol. The minimum Gasteiger partial charge on any atom is -0.398 e. The summed E-state index contributed by atoms with van der Waals surface area (Å²) in [5.74, 6) is 0.111. The molecule has 0 unspecified atom stereocenters. The number of nitrogens with two attached hydrogens (primary N) is 1. The van der Waals surface area contributed by atoms with E-state index < -0.39 is 10.0 Å². The molecule has 2 rings (SSSR count). The Morgan fingerprint density at radius 1 is 1.24 bits per heavy atom. The van der Waals surface area contributed by atoms with Crippen molar-refractivity contribution >= 4 is 53.4 Å². The minimum absolute atomic E-state index is 0.111. The molecule has 9 heteroatoms. The fourth-order valence-electron chi connectivity index (χ4n) is 1.85. The summed E-state index contributed by atoms with van der Waals surface area (Å²) in [6.07, 6.45) is 1.40. The number of hydrogen-bond acceptors (Lipinski definition) is 5. The number of aromatic nitrogens is 2. The van der Waals surface area contributed by atoms with Gasteiger partial charge < -0.3 is 5.73 Å². The topological polar surface area (TPSA) is 98.0 Å². The van der Waals surface area contributed by atoms with Gasteiger partial charge in [0.15, 0.2) is 10.4 Å². The molecule has 0 spiro atoms. The van der Waals surface area contributed by atoms with Gasteiger partial charge in [0.05, 0.1) is 11.1 Å². The summed E-state index contributed by atoms with van der Waals surface area (Å²) in [5.41, 5.74) is 7.32. The summed E-state index contributed by atoms with van der Waals surface area (Å²) in [4.78, 5) is 8.18. The molecule has 112 valence electrons. The molecule has 0 aliphatic carbocycles. The lowest BCUT2D eigenvalue weighted by Crippen LogP contribution is -2.17. The van der Waals surface area contributed by atoms with Crippen LogP contribution < -0.4 is 10.5 Å². The Kier molecular flexibility index (Phi) is 4.54. The number of hydrogen-bond donors (Lipinski definition) is 2. The van der Waals surface area contributed by atoms with Gasteiger partial charge in [0.1, 0.15) is 4.60 Å². The first-order chi connectivity index (χ1) is 9.72. The molecule has 0 saturated carbocycles. The molecule has 1 aromatic carbocycles. The zero-order valence-electron chi connectivity index (χ0n) is 11.2. The van der Waals surface area contributed by atoms with E-state index in [1.807, 2.05) is 0 Å². The van der Waals surface area contributed by atoms with Crippen LogP contribution in [0.2, 0.25) is 0 Å². The first-order valence-electron chi connectivity index (χ1n) is 5.79. The van der Waals surface area contributed by atoms with Crippen LogP contribution in [-0.4, -0.2) is 18.4 Å². The second-order valence-electron chi connectivity index (χ2n) is 4.36. The monoisotopic (exact) mass is 434 g/mol. The third-order valence-corrected chi connectivity index (χ3v) is 5.41. The Hall–Kier alpha value is -1.19. The Morgan fingerprint density at radius 2 is 1.90 bits per heavy atom. The van der Waals surface area contributed by atoms with Gasteiger partial charge >= 0.3 is 0 Å². The Balaban J connectivity index is 2.51. The maximum Gasteiger partial charge on any atom is 0.263 e. The average molecular weight is 436 g/mol. The molecule has 3 N–H and O–H groups in total. The number of nitrogens with zero attached hydrogens (tertiary/aromatic N) is 2. The molecule has 21 heavy (non-hydrogen) atoms. The third-order valence-electron chi connectivity index (χ3n) is 2.84. The van der Waals surface area contributed by atoms with Crippen molar-refractivity contribution in [2.24, 2.45) is 0 Å². The number of anilines is 2. The van der Waals surface area contributed by atoms with E-state index in [2.05, 4.69) is 46.5 Å². The van der Waals surface area contributed by atoms with Gasteiger partial charge in [-0.25, -0.2) is 18.4 Å². The fraction of sp³-hybridized carbons (Fsp3) is 0.167. The van der Waals surface area contributed by atoms with Gasteiger partial charge in [-0.15, -0.1) is 0 Å². The van der Waals surface area contributed by atoms with Crippen molar-refractivity contribution in [1.82, 2.24) is 9.97 Å². The van der Waals surface area contributed by atoms with Crippen molar-refractivity contribution in [2.45, 2.75) is 18.7 Å². The maximum absolute atomic E-state index is 12.6. The molecule has 0 aliphatic rings. The van der Waals surface area contributed by atoms with Crippen molar-refractivity contribution in [3.63, 3.8) is 0 Å². The highest BCUT2D eigenvalue weighted by Gasteiger charge is 2.22. The Bertz CT molecular complexity index is 809. The Morgan fingerprint density at radius 3 is 2.52 bits per heavy atom. The van der Waals surface area contributed by atoms with Crippen LogP contribution in [0, 0.1) is 13.8 Å². The van der Waals surface area contributed by atoms with E-state index in [4.69, 9.17) is 5.73 Å². The number of halogens is 2. The van der Waals surface area contributed by atoms with Gasteiger partial charge in [-0.1, -0.05) is 6.07 Å². The summed E-state index contributed by atoms with van der Waals surface area (Å²) >= 11 is 6.32. The number of benzene rings is 1. The molecule has 1 heterocycles. The van der Waals surface area contributed by atoms with Crippen molar-refractivity contribution < 1.29 is 8.42 Å². The van der Waals surface area contributed by atoms with Crippen LogP contribution in [0.3, 0.4) is 0 Å². The highest BCUT2D eigenvalue weighted by atomic mass is 79.9. The molecule has 2 aromatic rings. The normalized spacial score (nSPS) is 11.4. The smallest absolute Gasteiger partial charge is 0.263 e. The number of nitrogens with one attached hydrogen (secondary N) is 1. The van der Waals surface area contributed by atoms with Crippen LogP contribution in [-0.2, 0) is 10.0 Å². The molecular weight excluding hydrogens is 424 g/mol. The summed E-state index contributed by atoms with van der Waals surface area (Å²) in [6.45, 7) is 3.38. The zero-order valence-corrected chi connectivity index (χ0v) is 15.2. The molecule has 1 aromatic heterocycles. The standard InChI is InChI=1S/C12H12Br2N4O2S/c1-6-3-4-8(15)7(2)10(6)21(19,20)18-12-11(14)17-9(13)5-16-12/h3-5H,15H2,1-2H3,(H,16,18). The second-order valence-corrected chi connectivity index (χ2v) is 7.55. The van der Waals surface area contributed by atoms with Crippen molar-refractivity contribution in [3.8, 4) is 0 Å². The number of aryl methyl sites for hydroxylation is 1. The highest BCUT2D eigenvalue weighted by Crippen LogP contribution is 2.28. The molecule has 0 amide bonds. The van der Waals surface area contributed by atoms with Gasteiger partial charge in [0.25, 0.3) is 10.0 Å². The highest BCUT2D eigenvalue weighted by molar-refractivity contribution is 9.11. The van der Waals surface area contributed by atoms with E-state index in [0.29, 0.717) is 26.0 Å². The zero-order chi connectivity index (χ0) is 15.8. The number of sulfonamides is 1. The molecule has 6 nitrogen and oxygen atoms in total. The van der Waals surface area contributed by atoms with Crippen LogP contribution in [0.4, 0.5) is 11.5 Å². The average Bonchev–Trinajstić information content (AvgIpc) is 2.37. The van der Waals surface area contributed by atoms with Gasteiger partial charge in [-0.05, 0) is 62.9 Å². The number of nitrogen functional groups attached to an aromatic ring is 1. The van der Waals surface area contributed by atoms with Crippen LogP contribution in [0.5, 0.6) is 0 Å². The van der Waals surface area contributed by atoms with Crippen molar-refractivity contribution in [2.75, 3.05) is 10.5 Å². The van der Waals surface area contributed by atoms with Crippen LogP contribution in [0.15, 0.2) is 32.4 Å². The minimum atomic E-state index is -3.81. The number of rotatable bonds is 3. The SMILES string of the molecule is Cc1ccc(N)c(C)c1S(=O)(=O)Nc1ncc(Br)nc1Br. The summed E-state index contributed by atoms with van der Waals surface area (Å²) in [5, 5.41) is 0. The van der Waals surface area contributed by atoms with E-state index in [0.717, 1.165) is 0 Å². The van der Waals surface area contributed by atoms with Gasteiger partial charge in [-0.2, -0.15) is 0 Å². The molecule has 0 atom stereocenters. The molecule has 0 saturated heterocycles. The second kappa shape index (κ2) is 5.90. The first kappa shape index (κ1) is 16.2. The van der Waals surface area contributed by atoms with Gasteiger partial charge in [-0.3, -0.25) is 4.72 Å². The third kappa shape index (κ3) is 3.35. The fourth-order valence-corrected chi connectivity index (χ4v) is 4.41. The van der Waals surface area contributed by atoms with Crippen molar-refractivity contribution in [3.05, 3.63) is 38.7 Å². The molecular formula is C12H12Br2N4O2S. The van der Waals surface area contributed by atoms with Crippen molar-refractivity contribution in [1.29, 1.82) is 0 Å².